The molecule has 0 spiro atoms. The van der Waals surface area contributed by atoms with E-state index in [1.165, 1.54) is 4.31 Å². The minimum absolute atomic E-state index is 0.325. The molecule has 0 bridgehead atoms. The molecule has 0 aromatic heterocycles. The molecule has 1 unspecified atom stereocenters. The first-order valence-corrected chi connectivity index (χ1v) is 9.57. The zero-order valence-electron chi connectivity index (χ0n) is 14.2. The van der Waals surface area contributed by atoms with E-state index in [-0.39, 0.29) is 0 Å². The topological polar surface area (TPSA) is 61.9 Å². The summed E-state index contributed by atoms with van der Waals surface area (Å²) in [6, 6.07) is 7.98. The van der Waals surface area contributed by atoms with Gasteiger partial charge in [-0.05, 0) is 24.5 Å². The molecule has 1 aliphatic rings. The van der Waals surface area contributed by atoms with Crippen LogP contribution in [-0.4, -0.2) is 52.6 Å². The molecule has 1 aromatic carbocycles. The molecule has 6 nitrogen and oxygen atoms in total. The molecular formula is C16H27N3O3S. The summed E-state index contributed by atoms with van der Waals surface area (Å²) >= 11 is 0. The first-order valence-electron chi connectivity index (χ1n) is 8.13. The maximum absolute atomic E-state index is 12.2. The Hall–Kier alpha value is -1.31. The van der Waals surface area contributed by atoms with E-state index in [9.17, 15) is 8.42 Å². The predicted molar refractivity (Wildman–Crippen MR) is 93.2 cm³/mol. The van der Waals surface area contributed by atoms with Crippen LogP contribution in [-0.2, 0) is 10.2 Å². The summed E-state index contributed by atoms with van der Waals surface area (Å²) in [6.45, 7) is 6.96. The van der Waals surface area contributed by atoms with Crippen LogP contribution in [0.5, 0.6) is 5.75 Å². The summed E-state index contributed by atoms with van der Waals surface area (Å²) in [5.74, 6) is 1.17. The average Bonchev–Trinajstić information content (AvgIpc) is 3.03. The highest BCUT2D eigenvalue weighted by molar-refractivity contribution is 7.87. The lowest BCUT2D eigenvalue weighted by Gasteiger charge is -2.21. The van der Waals surface area contributed by atoms with Gasteiger partial charge in [0, 0.05) is 44.5 Å². The van der Waals surface area contributed by atoms with Crippen LogP contribution in [0.1, 0.15) is 20.3 Å². The lowest BCUT2D eigenvalue weighted by atomic mass is 10.1. The molecule has 0 amide bonds. The zero-order valence-corrected chi connectivity index (χ0v) is 15.0. The maximum Gasteiger partial charge on any atom is 0.279 e. The van der Waals surface area contributed by atoms with Crippen molar-refractivity contribution in [1.29, 1.82) is 0 Å². The Bertz CT molecular complexity index is 602. The zero-order chi connectivity index (χ0) is 16.9. The van der Waals surface area contributed by atoms with Gasteiger partial charge >= 0.3 is 0 Å². The molecular weight excluding hydrogens is 314 g/mol. The summed E-state index contributed by atoms with van der Waals surface area (Å²) < 4.78 is 33.8. The summed E-state index contributed by atoms with van der Waals surface area (Å²) in [4.78, 5) is 2.28. The number of hydrogen-bond donors (Lipinski definition) is 1. The van der Waals surface area contributed by atoms with Crippen LogP contribution in [0, 0.1) is 5.92 Å². The number of methoxy groups -OCH3 is 1. The molecule has 1 heterocycles. The summed E-state index contributed by atoms with van der Waals surface area (Å²) in [7, 11) is -1.70. The Balaban J connectivity index is 1.90. The van der Waals surface area contributed by atoms with Crippen molar-refractivity contribution in [1.82, 2.24) is 9.03 Å². The van der Waals surface area contributed by atoms with Gasteiger partial charge in [-0.15, -0.1) is 0 Å². The smallest absolute Gasteiger partial charge is 0.279 e. The van der Waals surface area contributed by atoms with Crippen molar-refractivity contribution in [2.24, 2.45) is 5.92 Å². The number of ether oxygens (including phenoxy) is 1. The average molecular weight is 341 g/mol. The maximum atomic E-state index is 12.2. The van der Waals surface area contributed by atoms with Crippen LogP contribution >= 0.6 is 0 Å². The van der Waals surface area contributed by atoms with Crippen molar-refractivity contribution in [3.05, 3.63) is 24.3 Å². The van der Waals surface area contributed by atoms with Crippen molar-refractivity contribution in [2.75, 3.05) is 44.7 Å². The predicted octanol–water partition coefficient (Wildman–Crippen LogP) is 1.70. The van der Waals surface area contributed by atoms with Crippen molar-refractivity contribution < 1.29 is 13.2 Å². The fraction of sp³-hybridized carbons (Fsp3) is 0.625. The van der Waals surface area contributed by atoms with Crippen molar-refractivity contribution >= 4 is 15.9 Å². The molecule has 1 aliphatic heterocycles. The number of nitrogens with one attached hydrogen (secondary N) is 1. The van der Waals surface area contributed by atoms with Crippen LogP contribution in [0.25, 0.3) is 0 Å². The summed E-state index contributed by atoms with van der Waals surface area (Å²) in [5.41, 5.74) is 1.12. The fourth-order valence-electron chi connectivity index (χ4n) is 2.92. The van der Waals surface area contributed by atoms with Gasteiger partial charge in [0.1, 0.15) is 5.75 Å². The number of nitrogens with zero attached hydrogens (tertiary/aromatic N) is 2. The van der Waals surface area contributed by atoms with E-state index in [1.807, 2.05) is 32.0 Å². The van der Waals surface area contributed by atoms with Gasteiger partial charge < -0.3 is 9.64 Å². The molecule has 0 aliphatic carbocycles. The van der Waals surface area contributed by atoms with Gasteiger partial charge in [-0.2, -0.15) is 12.7 Å². The Labute approximate surface area is 139 Å². The summed E-state index contributed by atoms with van der Waals surface area (Å²) in [6.07, 6.45) is 0.984. The van der Waals surface area contributed by atoms with Crippen LogP contribution in [0.15, 0.2) is 24.3 Å². The third-order valence-electron chi connectivity index (χ3n) is 4.30. The highest BCUT2D eigenvalue weighted by Gasteiger charge is 2.26. The van der Waals surface area contributed by atoms with Crippen LogP contribution in [0.2, 0.25) is 0 Å². The fourth-order valence-corrected chi connectivity index (χ4v) is 4.23. The largest absolute Gasteiger partial charge is 0.497 e. The van der Waals surface area contributed by atoms with E-state index in [0.29, 0.717) is 25.6 Å². The van der Waals surface area contributed by atoms with E-state index in [1.54, 1.807) is 7.11 Å². The first-order chi connectivity index (χ1) is 11.0. The molecule has 1 saturated heterocycles. The van der Waals surface area contributed by atoms with Crippen molar-refractivity contribution in [2.45, 2.75) is 20.3 Å². The molecule has 23 heavy (non-hydrogen) atoms. The van der Waals surface area contributed by atoms with E-state index in [0.717, 1.165) is 30.9 Å². The quantitative estimate of drug-likeness (QED) is 0.782. The molecule has 0 saturated carbocycles. The highest BCUT2D eigenvalue weighted by atomic mass is 32.2. The molecule has 1 atom stereocenters. The van der Waals surface area contributed by atoms with E-state index in [2.05, 4.69) is 15.7 Å². The molecule has 1 N–H and O–H groups in total. The number of anilines is 1. The van der Waals surface area contributed by atoms with Gasteiger partial charge in [0.25, 0.3) is 10.2 Å². The highest BCUT2D eigenvalue weighted by Crippen LogP contribution is 2.26. The lowest BCUT2D eigenvalue weighted by molar-refractivity contribution is 0.415. The van der Waals surface area contributed by atoms with Crippen LogP contribution in [0.3, 0.4) is 0 Å². The van der Waals surface area contributed by atoms with Gasteiger partial charge in [-0.1, -0.05) is 19.9 Å². The number of rotatable bonds is 8. The van der Waals surface area contributed by atoms with E-state index < -0.39 is 10.2 Å². The molecule has 7 heteroatoms. The van der Waals surface area contributed by atoms with Gasteiger partial charge in [0.15, 0.2) is 0 Å². The SMILES string of the molecule is CCN(CC)S(=O)(=O)NCC1CCN(c2cccc(OC)c2)C1. The number of benzene rings is 1. The lowest BCUT2D eigenvalue weighted by Crippen LogP contribution is -2.42. The van der Waals surface area contributed by atoms with E-state index in [4.69, 9.17) is 4.74 Å². The molecule has 0 radical (unpaired) electrons. The Morgan fingerprint density at radius 2 is 2.09 bits per heavy atom. The third kappa shape index (κ3) is 4.59. The molecule has 130 valence electrons. The molecule has 1 fully saturated rings. The minimum atomic E-state index is -3.36. The second-order valence-electron chi connectivity index (χ2n) is 5.74. The van der Waals surface area contributed by atoms with Crippen LogP contribution < -0.4 is 14.4 Å². The second-order valence-corrected chi connectivity index (χ2v) is 7.50. The number of hydrogen-bond acceptors (Lipinski definition) is 4. The van der Waals surface area contributed by atoms with E-state index >= 15 is 0 Å². The van der Waals surface area contributed by atoms with Crippen LogP contribution in [0.4, 0.5) is 5.69 Å². The Morgan fingerprint density at radius 3 is 2.74 bits per heavy atom. The van der Waals surface area contributed by atoms with Gasteiger partial charge in [0.05, 0.1) is 7.11 Å². The van der Waals surface area contributed by atoms with Crippen molar-refractivity contribution in [3.63, 3.8) is 0 Å². The first kappa shape index (κ1) is 18.0. The minimum Gasteiger partial charge on any atom is -0.497 e. The summed E-state index contributed by atoms with van der Waals surface area (Å²) in [5, 5.41) is 0. The molecule has 2 rings (SSSR count). The van der Waals surface area contributed by atoms with Gasteiger partial charge in [-0.25, -0.2) is 4.72 Å². The monoisotopic (exact) mass is 341 g/mol. The second kappa shape index (κ2) is 7.99. The third-order valence-corrected chi connectivity index (χ3v) is 6.03. The Kier molecular flexibility index (Phi) is 6.26. The van der Waals surface area contributed by atoms with Crippen molar-refractivity contribution in [3.8, 4) is 5.75 Å². The standard InChI is InChI=1S/C16H27N3O3S/c1-4-19(5-2)23(20,21)17-12-14-9-10-18(13-14)15-7-6-8-16(11-15)22-3/h6-8,11,14,17H,4-5,9-10,12-13H2,1-3H3. The van der Waals surface area contributed by atoms with Gasteiger partial charge in [0.2, 0.25) is 0 Å². The van der Waals surface area contributed by atoms with Gasteiger partial charge in [-0.3, -0.25) is 0 Å². The molecule has 1 aromatic rings. The normalized spacial score (nSPS) is 18.6. The Morgan fingerprint density at radius 1 is 1.35 bits per heavy atom.